The van der Waals surface area contributed by atoms with E-state index in [1.807, 2.05) is 6.07 Å². The summed E-state index contributed by atoms with van der Waals surface area (Å²) in [6.07, 6.45) is 3.02. The van der Waals surface area contributed by atoms with Gasteiger partial charge in [-0.15, -0.1) is 0 Å². The van der Waals surface area contributed by atoms with Crippen molar-refractivity contribution in [1.29, 1.82) is 0 Å². The summed E-state index contributed by atoms with van der Waals surface area (Å²) in [4.78, 5) is 8.33. The molecule has 0 radical (unpaired) electrons. The molecule has 9 heteroatoms. The minimum atomic E-state index is -1.35. The van der Waals surface area contributed by atoms with Crippen LogP contribution < -0.4 is 11.1 Å². The molecule has 2 aromatic rings. The van der Waals surface area contributed by atoms with Gasteiger partial charge in [-0.1, -0.05) is 12.1 Å². The molecule has 140 valence electrons. The van der Waals surface area contributed by atoms with Crippen molar-refractivity contribution in [2.24, 2.45) is 0 Å². The van der Waals surface area contributed by atoms with Gasteiger partial charge in [0.05, 0.1) is 10.8 Å². The number of rotatable bonds is 5. The van der Waals surface area contributed by atoms with Gasteiger partial charge in [-0.2, -0.15) is 0 Å². The average Bonchev–Trinajstić information content (AvgIpc) is 2.63. The van der Waals surface area contributed by atoms with E-state index in [9.17, 15) is 8.60 Å². The Morgan fingerprint density at radius 3 is 2.77 bits per heavy atom. The van der Waals surface area contributed by atoms with E-state index in [2.05, 4.69) is 31.2 Å². The summed E-state index contributed by atoms with van der Waals surface area (Å²) in [5, 5.41) is 3.45. The van der Waals surface area contributed by atoms with E-state index in [0.29, 0.717) is 30.0 Å². The Bertz CT molecular complexity index is 830. The molecule has 3 N–H and O–H groups in total. The monoisotopic (exact) mass is 442 g/mol. The molecule has 1 unspecified atom stereocenters. The molecule has 1 fully saturated rings. The molecule has 3 rings (SSSR count). The van der Waals surface area contributed by atoms with Crippen molar-refractivity contribution < 1.29 is 13.3 Å². The van der Waals surface area contributed by atoms with Crippen LogP contribution >= 0.6 is 15.9 Å². The second kappa shape index (κ2) is 7.98. The molecule has 1 saturated heterocycles. The van der Waals surface area contributed by atoms with Crippen LogP contribution in [0.3, 0.4) is 0 Å². The Hall–Kier alpha value is -1.58. The van der Waals surface area contributed by atoms with Crippen LogP contribution in [0.15, 0.2) is 33.9 Å². The number of aromatic nitrogens is 2. The summed E-state index contributed by atoms with van der Waals surface area (Å²) in [7, 11) is -1.35. The summed E-state index contributed by atoms with van der Waals surface area (Å²) >= 11 is 3.38. The number of ether oxygens (including phenoxy) is 1. The van der Waals surface area contributed by atoms with Gasteiger partial charge in [0.2, 0.25) is 5.16 Å². The van der Waals surface area contributed by atoms with E-state index in [1.54, 1.807) is 12.1 Å². The number of halogens is 2. The number of nitrogens with zero attached hydrogens (tertiary/aromatic N) is 2. The van der Waals surface area contributed by atoms with Gasteiger partial charge in [0.25, 0.3) is 0 Å². The van der Waals surface area contributed by atoms with Crippen LogP contribution in [-0.2, 0) is 21.0 Å². The van der Waals surface area contributed by atoms with Gasteiger partial charge < -0.3 is 15.8 Å². The summed E-state index contributed by atoms with van der Waals surface area (Å²) in [6, 6.07) is 6.67. The van der Waals surface area contributed by atoms with Gasteiger partial charge in [-0.05, 0) is 46.5 Å². The molecule has 2 heterocycles. The summed E-state index contributed by atoms with van der Waals surface area (Å²) < 4.78 is 31.5. The highest BCUT2D eigenvalue weighted by molar-refractivity contribution is 9.10. The molecule has 0 saturated carbocycles. The molecule has 0 aliphatic carbocycles. The lowest BCUT2D eigenvalue weighted by atomic mass is 9.74. The van der Waals surface area contributed by atoms with Gasteiger partial charge in [0, 0.05) is 31.4 Å². The fraction of sp³-hybridized carbons (Fsp3) is 0.412. The number of nitrogens with two attached hydrogens (primary N) is 1. The third-order valence-corrected chi connectivity index (χ3v) is 6.07. The zero-order chi connectivity index (χ0) is 18.7. The molecule has 1 aliphatic heterocycles. The van der Waals surface area contributed by atoms with Crippen LogP contribution in [-0.4, -0.2) is 40.2 Å². The maximum absolute atomic E-state index is 13.8. The van der Waals surface area contributed by atoms with Gasteiger partial charge in [0.15, 0.2) is 0 Å². The molecule has 1 aromatic carbocycles. The lowest BCUT2D eigenvalue weighted by Crippen LogP contribution is -2.40. The number of anilines is 2. The molecule has 0 amide bonds. The van der Waals surface area contributed by atoms with Crippen LogP contribution in [0, 0.1) is 5.82 Å². The number of benzene rings is 1. The predicted octanol–water partition coefficient (Wildman–Crippen LogP) is 2.86. The Kier molecular flexibility index (Phi) is 5.89. The minimum Gasteiger partial charge on any atom is -0.383 e. The topological polar surface area (TPSA) is 90.1 Å². The Morgan fingerprint density at radius 2 is 2.12 bits per heavy atom. The molecule has 0 bridgehead atoms. The van der Waals surface area contributed by atoms with Gasteiger partial charge in [-0.25, -0.2) is 14.4 Å². The van der Waals surface area contributed by atoms with Gasteiger partial charge in [-0.3, -0.25) is 4.21 Å². The standard InChI is InChI=1S/C17H20BrFN4O2S/c1-26(24)16-22-14(20)13(18)15(23-16)21-10-17(5-7-25-8-6-17)11-3-2-4-12(19)9-11/h2-4,9H,5-8,10H2,1H3,(H3,20,21,22,23). The Balaban J connectivity index is 1.91. The van der Waals surface area contributed by atoms with E-state index in [4.69, 9.17) is 10.5 Å². The first-order chi connectivity index (χ1) is 12.4. The van der Waals surface area contributed by atoms with Gasteiger partial charge >= 0.3 is 0 Å². The van der Waals surface area contributed by atoms with Crippen molar-refractivity contribution in [1.82, 2.24) is 9.97 Å². The predicted molar refractivity (Wildman–Crippen MR) is 103 cm³/mol. The van der Waals surface area contributed by atoms with E-state index in [0.717, 1.165) is 18.4 Å². The molecule has 1 aliphatic rings. The molecular formula is C17H20BrFN4O2S. The normalized spacial score (nSPS) is 17.7. The van der Waals surface area contributed by atoms with Crippen LogP contribution in [0.5, 0.6) is 0 Å². The summed E-state index contributed by atoms with van der Waals surface area (Å²) in [6.45, 7) is 1.73. The van der Waals surface area contributed by atoms with E-state index in [-0.39, 0.29) is 22.2 Å². The van der Waals surface area contributed by atoms with Crippen LogP contribution in [0.1, 0.15) is 18.4 Å². The highest BCUT2D eigenvalue weighted by atomic mass is 79.9. The zero-order valence-electron chi connectivity index (χ0n) is 14.3. The third-order valence-electron chi connectivity index (χ3n) is 4.59. The Morgan fingerprint density at radius 1 is 1.38 bits per heavy atom. The lowest BCUT2D eigenvalue weighted by molar-refractivity contribution is 0.0542. The lowest BCUT2D eigenvalue weighted by Gasteiger charge is -2.38. The maximum Gasteiger partial charge on any atom is 0.222 e. The van der Waals surface area contributed by atoms with E-state index >= 15 is 0 Å². The number of nitrogen functional groups attached to an aromatic ring is 1. The smallest absolute Gasteiger partial charge is 0.222 e. The zero-order valence-corrected chi connectivity index (χ0v) is 16.7. The minimum absolute atomic E-state index is 0.167. The van der Waals surface area contributed by atoms with Crippen LogP contribution in [0.2, 0.25) is 0 Å². The van der Waals surface area contributed by atoms with Crippen LogP contribution in [0.4, 0.5) is 16.0 Å². The first-order valence-electron chi connectivity index (χ1n) is 8.15. The summed E-state index contributed by atoms with van der Waals surface area (Å²) in [5.74, 6) is 0.439. The second-order valence-corrected chi connectivity index (χ2v) is 8.33. The first-order valence-corrected chi connectivity index (χ1v) is 10.5. The molecule has 1 aromatic heterocycles. The first kappa shape index (κ1) is 19.2. The fourth-order valence-electron chi connectivity index (χ4n) is 3.09. The van der Waals surface area contributed by atoms with E-state index < -0.39 is 10.8 Å². The van der Waals surface area contributed by atoms with Crippen molar-refractivity contribution in [3.8, 4) is 0 Å². The highest BCUT2D eigenvalue weighted by Gasteiger charge is 2.35. The van der Waals surface area contributed by atoms with Crippen molar-refractivity contribution in [2.45, 2.75) is 23.4 Å². The molecule has 1 atom stereocenters. The third kappa shape index (κ3) is 4.05. The molecular weight excluding hydrogens is 423 g/mol. The fourth-order valence-corrected chi connectivity index (χ4v) is 3.85. The van der Waals surface area contributed by atoms with Gasteiger partial charge in [0.1, 0.15) is 21.9 Å². The quantitative estimate of drug-likeness (QED) is 0.691. The molecule has 0 spiro atoms. The van der Waals surface area contributed by atoms with Crippen molar-refractivity contribution in [3.63, 3.8) is 0 Å². The number of nitrogens with one attached hydrogen (secondary N) is 1. The second-order valence-electron chi connectivity index (χ2n) is 6.26. The van der Waals surface area contributed by atoms with E-state index in [1.165, 1.54) is 12.3 Å². The largest absolute Gasteiger partial charge is 0.383 e. The number of hydrogen-bond acceptors (Lipinski definition) is 6. The maximum atomic E-state index is 13.8. The summed E-state index contributed by atoms with van der Waals surface area (Å²) in [5.41, 5.74) is 6.53. The van der Waals surface area contributed by atoms with Crippen molar-refractivity contribution in [3.05, 3.63) is 40.1 Å². The average molecular weight is 443 g/mol. The van der Waals surface area contributed by atoms with Crippen LogP contribution in [0.25, 0.3) is 0 Å². The Labute approximate surface area is 162 Å². The molecule has 6 nitrogen and oxygen atoms in total. The van der Waals surface area contributed by atoms with Crippen molar-refractivity contribution >= 4 is 38.4 Å². The SMILES string of the molecule is CS(=O)c1nc(N)c(Br)c(NCC2(c3cccc(F)c3)CCOCC2)n1. The van der Waals surface area contributed by atoms with Crippen molar-refractivity contribution in [2.75, 3.05) is 37.1 Å². The number of hydrogen-bond donors (Lipinski definition) is 2. The molecule has 26 heavy (non-hydrogen) atoms. The highest BCUT2D eigenvalue weighted by Crippen LogP contribution is 2.36.